The van der Waals surface area contributed by atoms with Gasteiger partial charge in [-0.1, -0.05) is 17.7 Å². The van der Waals surface area contributed by atoms with Crippen molar-refractivity contribution >= 4 is 33.0 Å². The summed E-state index contributed by atoms with van der Waals surface area (Å²) >= 11 is 7.61. The van der Waals surface area contributed by atoms with Gasteiger partial charge in [-0.2, -0.15) is 11.3 Å². The van der Waals surface area contributed by atoms with Crippen molar-refractivity contribution in [2.75, 3.05) is 0 Å². The number of hydrogen-bond acceptors (Lipinski definition) is 4. The molecule has 124 valence electrons. The Bertz CT molecular complexity index is 954. The van der Waals surface area contributed by atoms with Crippen LogP contribution in [0.2, 0.25) is 5.02 Å². The summed E-state index contributed by atoms with van der Waals surface area (Å²) in [5, 5.41) is 4.42. The van der Waals surface area contributed by atoms with Crippen LogP contribution in [0, 0.1) is 6.92 Å². The first-order valence-electron chi connectivity index (χ1n) is 7.19. The minimum absolute atomic E-state index is 0.188. The molecular formula is C17H15ClN2O2S2. The van der Waals surface area contributed by atoms with Crippen LogP contribution in [0.5, 0.6) is 0 Å². The highest BCUT2D eigenvalue weighted by atomic mass is 35.5. The summed E-state index contributed by atoms with van der Waals surface area (Å²) in [4.78, 5) is 4.52. The molecule has 0 radical (unpaired) electrons. The summed E-state index contributed by atoms with van der Waals surface area (Å²) in [6.45, 7) is 1.88. The van der Waals surface area contributed by atoms with Crippen molar-refractivity contribution < 1.29 is 8.42 Å². The molecule has 3 rings (SSSR count). The molecule has 4 nitrogen and oxygen atoms in total. The van der Waals surface area contributed by atoms with E-state index in [0.717, 1.165) is 16.8 Å². The van der Waals surface area contributed by atoms with Crippen molar-refractivity contribution in [2.45, 2.75) is 18.4 Å². The summed E-state index contributed by atoms with van der Waals surface area (Å²) in [5.74, 6) is 0. The number of aromatic nitrogens is 1. The maximum absolute atomic E-state index is 12.5. The van der Waals surface area contributed by atoms with Crippen LogP contribution < -0.4 is 4.72 Å². The van der Waals surface area contributed by atoms with E-state index >= 15 is 0 Å². The molecule has 7 heteroatoms. The average Bonchev–Trinajstić information content (AvgIpc) is 3.10. The summed E-state index contributed by atoms with van der Waals surface area (Å²) in [5.41, 5.74) is 3.23. The van der Waals surface area contributed by atoms with Crippen LogP contribution in [0.3, 0.4) is 0 Å². The van der Waals surface area contributed by atoms with E-state index in [1.807, 2.05) is 22.9 Å². The molecule has 2 aromatic heterocycles. The third-order valence-electron chi connectivity index (χ3n) is 3.62. The number of hydrogen-bond donors (Lipinski definition) is 1. The van der Waals surface area contributed by atoms with Gasteiger partial charge in [0.2, 0.25) is 10.0 Å². The fourth-order valence-electron chi connectivity index (χ4n) is 2.29. The topological polar surface area (TPSA) is 59.1 Å². The molecule has 0 aliphatic heterocycles. The first-order valence-corrected chi connectivity index (χ1v) is 10.00. The predicted octanol–water partition coefficient (Wildman–Crippen LogP) is 4.25. The minimum atomic E-state index is -3.63. The Morgan fingerprint density at radius 2 is 2.08 bits per heavy atom. The molecule has 0 spiro atoms. The Hall–Kier alpha value is -1.73. The Morgan fingerprint density at radius 1 is 1.25 bits per heavy atom. The summed E-state index contributed by atoms with van der Waals surface area (Å²) in [7, 11) is -3.63. The van der Waals surface area contributed by atoms with Crippen LogP contribution in [0.1, 0.15) is 11.1 Å². The van der Waals surface area contributed by atoms with E-state index in [2.05, 4.69) is 9.71 Å². The number of benzene rings is 1. The molecule has 0 saturated carbocycles. The predicted molar refractivity (Wildman–Crippen MR) is 97.8 cm³/mol. The zero-order valence-electron chi connectivity index (χ0n) is 12.9. The highest BCUT2D eigenvalue weighted by Gasteiger charge is 2.17. The van der Waals surface area contributed by atoms with Gasteiger partial charge in [-0.25, -0.2) is 13.1 Å². The van der Waals surface area contributed by atoms with E-state index in [1.54, 1.807) is 48.7 Å². The van der Waals surface area contributed by atoms with Crippen LogP contribution in [0.15, 0.2) is 58.3 Å². The molecule has 0 amide bonds. The second-order valence-electron chi connectivity index (χ2n) is 5.25. The quantitative estimate of drug-likeness (QED) is 0.722. The Morgan fingerprint density at radius 3 is 2.83 bits per heavy atom. The summed E-state index contributed by atoms with van der Waals surface area (Å²) in [6.07, 6.45) is 1.68. The average molecular weight is 379 g/mol. The lowest BCUT2D eigenvalue weighted by Crippen LogP contribution is -2.24. The molecular weight excluding hydrogens is 364 g/mol. The van der Waals surface area contributed by atoms with Crippen LogP contribution in [-0.4, -0.2) is 13.4 Å². The van der Waals surface area contributed by atoms with E-state index < -0.39 is 10.0 Å². The molecule has 3 aromatic rings. The highest BCUT2D eigenvalue weighted by molar-refractivity contribution is 7.89. The molecule has 0 aliphatic carbocycles. The molecule has 0 saturated heterocycles. The Labute approximate surface area is 150 Å². The number of sulfonamides is 1. The number of halogens is 1. The normalized spacial score (nSPS) is 11.6. The van der Waals surface area contributed by atoms with E-state index in [-0.39, 0.29) is 11.4 Å². The van der Waals surface area contributed by atoms with Gasteiger partial charge in [0.25, 0.3) is 0 Å². The van der Waals surface area contributed by atoms with E-state index in [9.17, 15) is 8.42 Å². The van der Waals surface area contributed by atoms with Crippen molar-refractivity contribution in [3.05, 3.63) is 69.5 Å². The van der Waals surface area contributed by atoms with Crippen LogP contribution in [-0.2, 0) is 16.6 Å². The van der Waals surface area contributed by atoms with E-state index in [0.29, 0.717) is 10.6 Å². The molecule has 0 fully saturated rings. The number of nitrogens with one attached hydrogen (secondary N) is 1. The zero-order chi connectivity index (χ0) is 17.2. The number of rotatable bonds is 5. The molecule has 0 unspecified atom stereocenters. The molecule has 24 heavy (non-hydrogen) atoms. The lowest BCUT2D eigenvalue weighted by Gasteiger charge is -2.10. The lowest BCUT2D eigenvalue weighted by molar-refractivity contribution is 0.580. The third kappa shape index (κ3) is 3.67. The Kier molecular flexibility index (Phi) is 5.01. The number of nitrogens with zero attached hydrogens (tertiary/aromatic N) is 1. The smallest absolute Gasteiger partial charge is 0.241 e. The standard InChI is InChI=1S/C17H15ClN2O2S2/c1-12-15(18)3-2-4-17(12)24(21,22)20-10-13-5-7-19-16(9-13)14-6-8-23-11-14/h2-9,11,20H,10H2,1H3. The lowest BCUT2D eigenvalue weighted by atomic mass is 10.1. The second-order valence-corrected chi connectivity index (χ2v) is 8.17. The molecule has 0 atom stereocenters. The highest BCUT2D eigenvalue weighted by Crippen LogP contribution is 2.23. The van der Waals surface area contributed by atoms with Gasteiger partial charge in [0.1, 0.15) is 0 Å². The van der Waals surface area contributed by atoms with Crippen molar-refractivity contribution in [1.82, 2.24) is 9.71 Å². The van der Waals surface area contributed by atoms with Crippen molar-refractivity contribution in [1.29, 1.82) is 0 Å². The van der Waals surface area contributed by atoms with Gasteiger partial charge >= 0.3 is 0 Å². The number of thiophene rings is 1. The molecule has 1 aromatic carbocycles. The molecule has 0 bridgehead atoms. The first-order chi connectivity index (χ1) is 11.5. The van der Waals surface area contributed by atoms with Crippen LogP contribution in [0.25, 0.3) is 11.3 Å². The van der Waals surface area contributed by atoms with E-state index in [1.165, 1.54) is 0 Å². The number of pyridine rings is 1. The fourth-order valence-corrected chi connectivity index (χ4v) is 4.45. The summed E-state index contributed by atoms with van der Waals surface area (Å²) < 4.78 is 27.6. The third-order valence-corrected chi connectivity index (χ3v) is 6.25. The summed E-state index contributed by atoms with van der Waals surface area (Å²) in [6, 6.07) is 10.5. The van der Waals surface area contributed by atoms with Crippen molar-refractivity contribution in [2.24, 2.45) is 0 Å². The molecule has 0 aliphatic rings. The van der Waals surface area contributed by atoms with Gasteiger partial charge in [0, 0.05) is 28.7 Å². The molecule has 2 heterocycles. The van der Waals surface area contributed by atoms with Gasteiger partial charge in [-0.15, -0.1) is 0 Å². The van der Waals surface area contributed by atoms with E-state index in [4.69, 9.17) is 11.6 Å². The fraction of sp³-hybridized carbons (Fsp3) is 0.118. The molecule has 1 N–H and O–H groups in total. The maximum atomic E-state index is 12.5. The van der Waals surface area contributed by atoms with Gasteiger partial charge < -0.3 is 0 Å². The second kappa shape index (κ2) is 7.03. The largest absolute Gasteiger partial charge is 0.256 e. The van der Waals surface area contributed by atoms with Crippen molar-refractivity contribution in [3.63, 3.8) is 0 Å². The monoisotopic (exact) mass is 378 g/mol. The zero-order valence-corrected chi connectivity index (χ0v) is 15.3. The van der Waals surface area contributed by atoms with Crippen LogP contribution in [0.4, 0.5) is 0 Å². The minimum Gasteiger partial charge on any atom is -0.256 e. The van der Waals surface area contributed by atoms with Crippen LogP contribution >= 0.6 is 22.9 Å². The van der Waals surface area contributed by atoms with Gasteiger partial charge in [0.05, 0.1) is 10.6 Å². The first kappa shape index (κ1) is 17.1. The maximum Gasteiger partial charge on any atom is 0.241 e. The Balaban J connectivity index is 1.80. The SMILES string of the molecule is Cc1c(Cl)cccc1S(=O)(=O)NCc1ccnc(-c2ccsc2)c1. The van der Waals surface area contributed by atoms with Crippen molar-refractivity contribution in [3.8, 4) is 11.3 Å². The van der Waals surface area contributed by atoms with Gasteiger partial charge in [0.15, 0.2) is 0 Å². The van der Waals surface area contributed by atoms with Gasteiger partial charge in [-0.05, 0) is 53.8 Å². The van der Waals surface area contributed by atoms with Gasteiger partial charge in [-0.3, -0.25) is 4.98 Å².